The standard InChI is InChI=1S/C30H46.C10H14N2.H2S/c1-5-7-9-11-13-15-17-27-23-25(3)19-21-29(27)30-22-20-26(4)24-28(30)18-16-14-12-10-8-6-2;1-7-5-6-8(2)10(12-4)9(7)11-3;/h19-24H,5-18H2,1-4H3;5-6H,1-4H3;1H2. The Bertz CT molecular complexity index is 1120. The van der Waals surface area contributed by atoms with Crippen molar-refractivity contribution in [2.75, 3.05) is 14.1 Å². The number of rotatable bonds is 15. The van der Waals surface area contributed by atoms with Crippen LogP contribution in [-0.2, 0) is 12.8 Å². The van der Waals surface area contributed by atoms with E-state index < -0.39 is 0 Å². The summed E-state index contributed by atoms with van der Waals surface area (Å²) >= 11 is 0. The Morgan fingerprint density at radius 1 is 0.488 bits per heavy atom. The van der Waals surface area contributed by atoms with Gasteiger partial charge >= 0.3 is 0 Å². The van der Waals surface area contributed by atoms with E-state index in [1.54, 1.807) is 25.2 Å². The monoisotopic (exact) mass is 602 g/mol. The van der Waals surface area contributed by atoms with Gasteiger partial charge in [0.05, 0.1) is 11.4 Å². The molecular formula is C40H62N2S. The highest BCUT2D eigenvalue weighted by atomic mass is 32.1. The van der Waals surface area contributed by atoms with Gasteiger partial charge in [0.1, 0.15) is 0 Å². The smallest absolute Gasteiger partial charge is 0.0854 e. The molecule has 0 aromatic heterocycles. The van der Waals surface area contributed by atoms with Crippen LogP contribution < -0.4 is 0 Å². The molecule has 0 unspecified atom stereocenters. The SMILES string of the molecule is CCCCCCCCc1cc(C)ccc1-c1ccc(C)cc1CCCCCCCC.CN=C1C(C)=CC=C(C)C1=NC.S. The number of aryl methyl sites for hydroxylation is 4. The highest BCUT2D eigenvalue weighted by Gasteiger charge is 2.14. The minimum atomic E-state index is 0. The Hall–Kier alpha value is -2.39. The number of hydrogen-bond acceptors (Lipinski definition) is 2. The van der Waals surface area contributed by atoms with Crippen LogP contribution in [0.4, 0.5) is 0 Å². The molecule has 0 saturated heterocycles. The summed E-state index contributed by atoms with van der Waals surface area (Å²) < 4.78 is 0. The van der Waals surface area contributed by atoms with Crippen LogP contribution in [0.15, 0.2) is 69.7 Å². The van der Waals surface area contributed by atoms with Crippen LogP contribution in [0.3, 0.4) is 0 Å². The summed E-state index contributed by atoms with van der Waals surface area (Å²) in [5.74, 6) is 0. The average Bonchev–Trinajstić information content (AvgIpc) is 2.98. The maximum absolute atomic E-state index is 4.21. The van der Waals surface area contributed by atoms with E-state index in [1.165, 1.54) is 123 Å². The van der Waals surface area contributed by atoms with E-state index >= 15 is 0 Å². The summed E-state index contributed by atoms with van der Waals surface area (Å²) in [5, 5.41) is 0. The van der Waals surface area contributed by atoms with Crippen molar-refractivity contribution in [2.24, 2.45) is 9.98 Å². The lowest BCUT2D eigenvalue weighted by Gasteiger charge is -2.16. The molecule has 0 atom stereocenters. The first-order chi connectivity index (χ1) is 20.4. The van der Waals surface area contributed by atoms with E-state index in [9.17, 15) is 0 Å². The fraction of sp³-hybridized carbons (Fsp3) is 0.550. The molecule has 1 aliphatic rings. The number of unbranched alkanes of at least 4 members (excludes halogenated alkanes) is 10. The lowest BCUT2D eigenvalue weighted by Crippen LogP contribution is -2.19. The zero-order chi connectivity index (χ0) is 30.7. The number of hydrogen-bond donors (Lipinski definition) is 0. The molecule has 2 aromatic carbocycles. The van der Waals surface area contributed by atoms with Crippen LogP contribution in [0.5, 0.6) is 0 Å². The van der Waals surface area contributed by atoms with Crippen molar-refractivity contribution in [2.45, 2.75) is 131 Å². The molecule has 0 heterocycles. The van der Waals surface area contributed by atoms with E-state index in [0.717, 1.165) is 11.4 Å². The number of allylic oxidation sites excluding steroid dienone is 4. The van der Waals surface area contributed by atoms with Crippen molar-refractivity contribution < 1.29 is 0 Å². The lowest BCUT2D eigenvalue weighted by molar-refractivity contribution is 0.607. The van der Waals surface area contributed by atoms with Crippen molar-refractivity contribution in [3.63, 3.8) is 0 Å². The van der Waals surface area contributed by atoms with Gasteiger partial charge in [0.25, 0.3) is 0 Å². The van der Waals surface area contributed by atoms with E-state index in [-0.39, 0.29) is 13.5 Å². The van der Waals surface area contributed by atoms with Gasteiger partial charge in [-0.2, -0.15) is 13.5 Å². The van der Waals surface area contributed by atoms with Gasteiger partial charge in [0.15, 0.2) is 0 Å². The molecule has 2 aromatic rings. The molecular weight excluding hydrogens is 541 g/mol. The first-order valence-electron chi connectivity index (χ1n) is 16.8. The highest BCUT2D eigenvalue weighted by molar-refractivity contribution is 7.59. The zero-order valence-corrected chi connectivity index (χ0v) is 29.9. The van der Waals surface area contributed by atoms with Crippen LogP contribution in [0.1, 0.15) is 127 Å². The number of aliphatic imine (C=N–C) groups is 2. The van der Waals surface area contributed by atoms with E-state index in [1.807, 2.05) is 0 Å². The second-order valence-corrected chi connectivity index (χ2v) is 12.2. The maximum Gasteiger partial charge on any atom is 0.0854 e. The molecule has 3 rings (SSSR count). The quantitative estimate of drug-likeness (QED) is 0.143. The first-order valence-corrected chi connectivity index (χ1v) is 16.8. The molecule has 0 radical (unpaired) electrons. The summed E-state index contributed by atoms with van der Waals surface area (Å²) in [6.45, 7) is 13.2. The summed E-state index contributed by atoms with van der Waals surface area (Å²) in [4.78, 5) is 8.42. The molecule has 0 bridgehead atoms. The summed E-state index contributed by atoms with van der Waals surface area (Å²) in [7, 11) is 3.60. The maximum atomic E-state index is 4.21. The minimum absolute atomic E-state index is 0. The van der Waals surface area contributed by atoms with E-state index in [4.69, 9.17) is 0 Å². The molecule has 0 fully saturated rings. The lowest BCUT2D eigenvalue weighted by atomic mass is 9.89. The zero-order valence-electron chi connectivity index (χ0n) is 28.9. The predicted molar refractivity (Wildman–Crippen MR) is 200 cm³/mol. The van der Waals surface area contributed by atoms with E-state index in [0.29, 0.717) is 0 Å². The topological polar surface area (TPSA) is 24.7 Å². The van der Waals surface area contributed by atoms with Crippen LogP contribution in [-0.4, -0.2) is 25.5 Å². The molecule has 0 spiro atoms. The van der Waals surface area contributed by atoms with Crippen molar-refractivity contribution in [3.8, 4) is 11.1 Å². The minimum Gasteiger partial charge on any atom is -0.286 e. The van der Waals surface area contributed by atoms with Crippen molar-refractivity contribution in [1.29, 1.82) is 0 Å². The fourth-order valence-electron chi connectivity index (χ4n) is 5.92. The third kappa shape index (κ3) is 13.4. The normalized spacial score (nSPS) is 14.6. The Balaban J connectivity index is 0.000000596. The molecule has 3 heteroatoms. The van der Waals surface area contributed by atoms with Crippen molar-refractivity contribution in [3.05, 3.63) is 82.0 Å². The molecule has 1 aliphatic carbocycles. The molecule has 0 amide bonds. The Kier molecular flexibility index (Phi) is 19.9. The molecule has 0 saturated carbocycles. The molecule has 43 heavy (non-hydrogen) atoms. The second kappa shape index (κ2) is 22.2. The van der Waals surface area contributed by atoms with Crippen LogP contribution in [0, 0.1) is 13.8 Å². The third-order valence-electron chi connectivity index (χ3n) is 8.41. The number of nitrogens with zero attached hydrogens (tertiary/aromatic N) is 2. The van der Waals surface area contributed by atoms with Gasteiger partial charge < -0.3 is 0 Å². The van der Waals surface area contributed by atoms with Crippen molar-refractivity contribution >= 4 is 24.9 Å². The van der Waals surface area contributed by atoms with Crippen LogP contribution in [0.2, 0.25) is 0 Å². The molecule has 2 nitrogen and oxygen atoms in total. The highest BCUT2D eigenvalue weighted by Crippen LogP contribution is 2.31. The van der Waals surface area contributed by atoms with Gasteiger partial charge in [-0.05, 0) is 86.8 Å². The predicted octanol–water partition coefficient (Wildman–Crippen LogP) is 11.9. The second-order valence-electron chi connectivity index (χ2n) is 12.2. The summed E-state index contributed by atoms with van der Waals surface area (Å²) in [5.41, 5.74) is 13.2. The van der Waals surface area contributed by atoms with Crippen LogP contribution in [0.25, 0.3) is 11.1 Å². The Morgan fingerprint density at radius 3 is 1.19 bits per heavy atom. The summed E-state index contributed by atoms with van der Waals surface area (Å²) in [6, 6.07) is 14.3. The third-order valence-corrected chi connectivity index (χ3v) is 8.41. The summed E-state index contributed by atoms with van der Waals surface area (Å²) in [6.07, 6.45) is 23.0. The van der Waals surface area contributed by atoms with Gasteiger partial charge in [0, 0.05) is 14.1 Å². The largest absolute Gasteiger partial charge is 0.286 e. The first kappa shape index (κ1) is 38.6. The van der Waals surface area contributed by atoms with Gasteiger partial charge in [-0.3, -0.25) is 9.98 Å². The Labute approximate surface area is 272 Å². The van der Waals surface area contributed by atoms with Crippen molar-refractivity contribution in [1.82, 2.24) is 0 Å². The van der Waals surface area contributed by atoms with Crippen LogP contribution >= 0.6 is 13.5 Å². The van der Waals surface area contributed by atoms with Gasteiger partial charge in [0.2, 0.25) is 0 Å². The van der Waals surface area contributed by atoms with Gasteiger partial charge in [-0.1, -0.05) is 138 Å². The number of benzene rings is 2. The molecule has 0 N–H and O–H groups in total. The molecule has 238 valence electrons. The Morgan fingerprint density at radius 2 is 0.837 bits per heavy atom. The average molecular weight is 603 g/mol. The molecule has 0 aliphatic heterocycles. The van der Waals surface area contributed by atoms with Gasteiger partial charge in [-0.15, -0.1) is 0 Å². The fourth-order valence-corrected chi connectivity index (χ4v) is 5.92. The van der Waals surface area contributed by atoms with Gasteiger partial charge in [-0.25, -0.2) is 0 Å². The van der Waals surface area contributed by atoms with E-state index in [2.05, 4.69) is 100 Å².